The van der Waals surface area contributed by atoms with E-state index in [0.717, 1.165) is 19.1 Å². The third kappa shape index (κ3) is 5.57. The van der Waals surface area contributed by atoms with Gasteiger partial charge in [-0.3, -0.25) is 14.4 Å². The van der Waals surface area contributed by atoms with Gasteiger partial charge in [0.15, 0.2) is 5.76 Å². The highest BCUT2D eigenvalue weighted by Crippen LogP contribution is 2.30. The SMILES string of the molecule is CS(=O)(=O)NCC(=O)N1CCC[C@@H]2CN(C(=O)CNC(=O)c3ccco3)CC[C@@H]21. The summed E-state index contributed by atoms with van der Waals surface area (Å²) >= 11 is 0. The van der Waals surface area contributed by atoms with Gasteiger partial charge in [0.2, 0.25) is 21.8 Å². The molecule has 2 fully saturated rings. The molecule has 0 unspecified atom stereocenters. The molecule has 0 radical (unpaired) electrons. The van der Waals surface area contributed by atoms with Crippen LogP contribution in [0.5, 0.6) is 0 Å². The predicted octanol–water partition coefficient (Wildman–Crippen LogP) is -0.602. The first kappa shape index (κ1) is 21.3. The van der Waals surface area contributed by atoms with Crippen molar-refractivity contribution in [2.45, 2.75) is 25.3 Å². The lowest BCUT2D eigenvalue weighted by molar-refractivity contribution is -0.140. The van der Waals surface area contributed by atoms with Gasteiger partial charge >= 0.3 is 0 Å². The summed E-state index contributed by atoms with van der Waals surface area (Å²) in [5, 5.41) is 2.56. The number of nitrogens with one attached hydrogen (secondary N) is 2. The summed E-state index contributed by atoms with van der Waals surface area (Å²) < 4.78 is 29.7. The second-order valence-electron chi connectivity index (χ2n) is 7.44. The summed E-state index contributed by atoms with van der Waals surface area (Å²) in [6.07, 6.45) is 4.75. The van der Waals surface area contributed by atoms with Crippen LogP contribution >= 0.6 is 0 Å². The molecule has 0 aliphatic carbocycles. The van der Waals surface area contributed by atoms with E-state index in [4.69, 9.17) is 4.42 Å². The van der Waals surface area contributed by atoms with Gasteiger partial charge in [-0.25, -0.2) is 13.1 Å². The molecule has 2 N–H and O–H groups in total. The quantitative estimate of drug-likeness (QED) is 0.625. The number of carbonyl (C=O) groups is 3. The molecule has 2 atom stereocenters. The zero-order chi connectivity index (χ0) is 21.0. The van der Waals surface area contributed by atoms with Crippen LogP contribution in [0.3, 0.4) is 0 Å². The van der Waals surface area contributed by atoms with Crippen LogP contribution in [0.4, 0.5) is 0 Å². The average Bonchev–Trinajstić information content (AvgIpc) is 3.23. The largest absolute Gasteiger partial charge is 0.459 e. The van der Waals surface area contributed by atoms with Crippen LogP contribution in [0.2, 0.25) is 0 Å². The van der Waals surface area contributed by atoms with Crippen molar-refractivity contribution >= 4 is 27.7 Å². The maximum absolute atomic E-state index is 12.5. The Balaban J connectivity index is 1.52. The lowest BCUT2D eigenvalue weighted by Gasteiger charge is -2.47. The molecule has 2 aliphatic heterocycles. The topological polar surface area (TPSA) is 129 Å². The Morgan fingerprint density at radius 2 is 1.97 bits per heavy atom. The molecule has 3 heterocycles. The van der Waals surface area contributed by atoms with Crippen molar-refractivity contribution in [3.8, 4) is 0 Å². The van der Waals surface area contributed by atoms with Gasteiger partial charge in [-0.1, -0.05) is 0 Å². The number of carbonyl (C=O) groups excluding carboxylic acids is 3. The second kappa shape index (κ2) is 8.95. The van der Waals surface area contributed by atoms with Crippen LogP contribution in [-0.4, -0.2) is 81.0 Å². The average molecular weight is 426 g/mol. The van der Waals surface area contributed by atoms with Crippen LogP contribution in [0.1, 0.15) is 29.8 Å². The van der Waals surface area contributed by atoms with E-state index >= 15 is 0 Å². The Bertz CT molecular complexity index is 854. The predicted molar refractivity (Wildman–Crippen MR) is 103 cm³/mol. The van der Waals surface area contributed by atoms with Gasteiger partial charge in [0.1, 0.15) is 0 Å². The van der Waals surface area contributed by atoms with Gasteiger partial charge in [0.05, 0.1) is 25.6 Å². The molecule has 160 valence electrons. The summed E-state index contributed by atoms with van der Waals surface area (Å²) in [6, 6.07) is 3.13. The molecule has 2 aliphatic rings. The molecule has 3 amide bonds. The standard InChI is InChI=1S/C18H26N4O6S/c1-29(26,27)20-11-17(24)22-7-2-4-13-12-21(8-6-14(13)22)16(23)10-19-18(25)15-5-3-9-28-15/h3,5,9,13-14,20H,2,4,6-8,10-12H2,1H3,(H,19,25)/t13-,14+/m1/s1. The summed E-state index contributed by atoms with van der Waals surface area (Å²) in [6.45, 7) is 1.24. The Hall–Kier alpha value is -2.40. The minimum atomic E-state index is -3.43. The molecule has 1 aromatic rings. The number of hydrogen-bond acceptors (Lipinski definition) is 6. The van der Waals surface area contributed by atoms with E-state index in [1.54, 1.807) is 15.9 Å². The number of sulfonamides is 1. The molecule has 11 heteroatoms. The molecule has 29 heavy (non-hydrogen) atoms. The number of fused-ring (bicyclic) bond motifs is 1. The smallest absolute Gasteiger partial charge is 0.287 e. The first-order valence-electron chi connectivity index (χ1n) is 9.58. The number of rotatable bonds is 6. The van der Waals surface area contributed by atoms with E-state index in [2.05, 4.69) is 10.0 Å². The van der Waals surface area contributed by atoms with Crippen molar-refractivity contribution in [2.24, 2.45) is 5.92 Å². The first-order valence-corrected chi connectivity index (χ1v) is 11.5. The van der Waals surface area contributed by atoms with Crippen molar-refractivity contribution in [3.63, 3.8) is 0 Å². The number of nitrogens with zero attached hydrogens (tertiary/aromatic N) is 2. The molecule has 2 saturated heterocycles. The molecule has 0 saturated carbocycles. The zero-order valence-corrected chi connectivity index (χ0v) is 17.1. The summed E-state index contributed by atoms with van der Waals surface area (Å²) in [4.78, 5) is 40.3. The Morgan fingerprint density at radius 3 is 2.66 bits per heavy atom. The molecule has 1 aromatic heterocycles. The zero-order valence-electron chi connectivity index (χ0n) is 16.3. The Morgan fingerprint density at radius 1 is 1.17 bits per heavy atom. The van der Waals surface area contributed by atoms with Gasteiger partial charge in [-0.2, -0.15) is 0 Å². The number of piperidine rings is 2. The summed E-state index contributed by atoms with van der Waals surface area (Å²) in [5.74, 6) is -0.558. The van der Waals surface area contributed by atoms with Crippen molar-refractivity contribution in [1.82, 2.24) is 19.8 Å². The fourth-order valence-electron chi connectivity index (χ4n) is 4.00. The fourth-order valence-corrected chi connectivity index (χ4v) is 4.38. The maximum Gasteiger partial charge on any atom is 0.287 e. The van der Waals surface area contributed by atoms with E-state index < -0.39 is 15.9 Å². The van der Waals surface area contributed by atoms with Gasteiger partial charge in [0.25, 0.3) is 5.91 Å². The van der Waals surface area contributed by atoms with E-state index in [9.17, 15) is 22.8 Å². The van der Waals surface area contributed by atoms with Gasteiger partial charge in [-0.15, -0.1) is 0 Å². The van der Waals surface area contributed by atoms with Crippen molar-refractivity contribution in [3.05, 3.63) is 24.2 Å². The molecule has 3 rings (SSSR count). The van der Waals surface area contributed by atoms with Crippen LogP contribution in [0, 0.1) is 5.92 Å². The van der Waals surface area contributed by atoms with Gasteiger partial charge in [0, 0.05) is 25.7 Å². The van der Waals surface area contributed by atoms with Crippen molar-refractivity contribution in [2.75, 3.05) is 39.0 Å². The van der Waals surface area contributed by atoms with E-state index in [1.165, 1.54) is 12.3 Å². The highest BCUT2D eigenvalue weighted by atomic mass is 32.2. The monoisotopic (exact) mass is 426 g/mol. The third-order valence-electron chi connectivity index (χ3n) is 5.37. The van der Waals surface area contributed by atoms with E-state index in [1.807, 2.05) is 0 Å². The minimum Gasteiger partial charge on any atom is -0.459 e. The normalized spacial score (nSPS) is 22.1. The molecule has 0 spiro atoms. The summed E-state index contributed by atoms with van der Waals surface area (Å²) in [7, 11) is -3.43. The molecule has 0 aromatic carbocycles. The maximum atomic E-state index is 12.5. The first-order chi connectivity index (χ1) is 13.7. The van der Waals surface area contributed by atoms with Crippen LogP contribution < -0.4 is 10.0 Å². The number of furan rings is 1. The van der Waals surface area contributed by atoms with Crippen LogP contribution in [-0.2, 0) is 19.6 Å². The Kier molecular flexibility index (Phi) is 6.58. The van der Waals surface area contributed by atoms with E-state index in [0.29, 0.717) is 26.1 Å². The van der Waals surface area contributed by atoms with Gasteiger partial charge in [-0.05, 0) is 37.3 Å². The minimum absolute atomic E-state index is 0.000583. The summed E-state index contributed by atoms with van der Waals surface area (Å²) in [5.41, 5.74) is 0. The lowest BCUT2D eigenvalue weighted by atomic mass is 9.83. The molecule has 10 nitrogen and oxygen atoms in total. The molecular weight excluding hydrogens is 400 g/mol. The lowest BCUT2D eigenvalue weighted by Crippen LogP contribution is -2.58. The highest BCUT2D eigenvalue weighted by molar-refractivity contribution is 7.88. The molecule has 0 bridgehead atoms. The number of hydrogen-bond donors (Lipinski definition) is 2. The number of likely N-dealkylation sites (tertiary alicyclic amines) is 2. The fraction of sp³-hybridized carbons (Fsp3) is 0.611. The van der Waals surface area contributed by atoms with Crippen LogP contribution in [0.25, 0.3) is 0 Å². The van der Waals surface area contributed by atoms with Gasteiger partial charge < -0.3 is 19.5 Å². The number of amides is 3. The van der Waals surface area contributed by atoms with Crippen molar-refractivity contribution < 1.29 is 27.2 Å². The highest BCUT2D eigenvalue weighted by Gasteiger charge is 2.39. The molecular formula is C18H26N4O6S. The van der Waals surface area contributed by atoms with Crippen LogP contribution in [0.15, 0.2) is 22.8 Å². The third-order valence-corrected chi connectivity index (χ3v) is 6.04. The Labute approximate surface area is 169 Å². The van der Waals surface area contributed by atoms with E-state index in [-0.39, 0.29) is 42.6 Å². The van der Waals surface area contributed by atoms with Crippen molar-refractivity contribution in [1.29, 1.82) is 0 Å². The second-order valence-corrected chi connectivity index (χ2v) is 9.27.